The van der Waals surface area contributed by atoms with Crippen molar-refractivity contribution in [1.29, 1.82) is 0 Å². The zero-order valence-electron chi connectivity index (χ0n) is 23.5. The first kappa shape index (κ1) is 32.6. The van der Waals surface area contributed by atoms with E-state index in [1.54, 1.807) is 26.0 Å². The Morgan fingerprint density at radius 3 is 2.43 bits per heavy atom. The van der Waals surface area contributed by atoms with Gasteiger partial charge in [0.2, 0.25) is 12.1 Å². The summed E-state index contributed by atoms with van der Waals surface area (Å²) in [5, 5.41) is 14.7. The largest absolute Gasteiger partial charge is 0.453 e. The molecule has 3 rings (SSSR count). The Morgan fingerprint density at radius 2 is 1.76 bits per heavy atom. The standard InChI is InChI=1S/C28H36F2N4O8/c1-18(2)17-40-27(39)33-21-14-15-31-26(38)34(21)25-28(29,30)24(20(16-35)41-25)42-23(37)13-9-4-3-8-12-22(36)32-19-10-6-5-7-11-19/h5-7,10-11,14-15,18,20,24-25,35H,3-4,8-9,12-13,16-17H2,1-2H3,(H,32,36)(H,33,39)/t20-,24-,25-/m1/s1. The van der Waals surface area contributed by atoms with Gasteiger partial charge in [0.25, 0.3) is 0 Å². The van der Waals surface area contributed by atoms with Gasteiger partial charge in [-0.2, -0.15) is 8.78 Å². The third-order valence-electron chi connectivity index (χ3n) is 6.28. The van der Waals surface area contributed by atoms with Crippen LogP contribution in [0.2, 0.25) is 0 Å². The molecule has 1 aliphatic heterocycles. The first-order chi connectivity index (χ1) is 20.0. The summed E-state index contributed by atoms with van der Waals surface area (Å²) in [7, 11) is 0. The zero-order valence-corrected chi connectivity index (χ0v) is 23.5. The number of alkyl halides is 2. The van der Waals surface area contributed by atoms with E-state index in [9.17, 15) is 24.3 Å². The molecule has 1 aromatic carbocycles. The van der Waals surface area contributed by atoms with Gasteiger partial charge in [0.15, 0.2) is 6.10 Å². The Labute approximate surface area is 241 Å². The van der Waals surface area contributed by atoms with Crippen molar-refractivity contribution in [3.8, 4) is 0 Å². The Hall–Kier alpha value is -3.91. The molecule has 14 heteroatoms. The van der Waals surface area contributed by atoms with Crippen molar-refractivity contribution in [1.82, 2.24) is 9.55 Å². The highest BCUT2D eigenvalue weighted by Gasteiger charge is 2.62. The number of carbonyl (C=O) groups excluding carboxylic acids is 3. The number of anilines is 2. The number of aromatic nitrogens is 2. The molecule has 1 aliphatic rings. The van der Waals surface area contributed by atoms with Gasteiger partial charge in [0.05, 0.1) is 13.2 Å². The van der Waals surface area contributed by atoms with E-state index >= 15 is 8.78 Å². The van der Waals surface area contributed by atoms with Crippen LogP contribution in [-0.2, 0) is 23.8 Å². The molecule has 2 heterocycles. The summed E-state index contributed by atoms with van der Waals surface area (Å²) in [5.74, 6) is -5.41. The summed E-state index contributed by atoms with van der Waals surface area (Å²) in [6.45, 7) is 2.72. The van der Waals surface area contributed by atoms with Crippen LogP contribution in [0.15, 0.2) is 47.4 Å². The maximum Gasteiger partial charge on any atom is 0.412 e. The molecule has 0 spiro atoms. The van der Waals surface area contributed by atoms with Crippen LogP contribution < -0.4 is 16.3 Å². The lowest BCUT2D eigenvalue weighted by Crippen LogP contribution is -2.45. The van der Waals surface area contributed by atoms with Crippen molar-refractivity contribution >= 4 is 29.5 Å². The fourth-order valence-electron chi connectivity index (χ4n) is 4.22. The lowest BCUT2D eigenvalue weighted by molar-refractivity contribution is -0.176. The second-order valence-electron chi connectivity index (χ2n) is 10.2. The molecule has 3 N–H and O–H groups in total. The minimum atomic E-state index is -3.97. The molecular weight excluding hydrogens is 558 g/mol. The van der Waals surface area contributed by atoms with E-state index in [2.05, 4.69) is 15.6 Å². The molecule has 1 aromatic heterocycles. The molecule has 2 amide bonds. The lowest BCUT2D eigenvalue weighted by atomic mass is 10.1. The molecule has 230 valence electrons. The van der Waals surface area contributed by atoms with Crippen molar-refractivity contribution in [2.75, 3.05) is 23.8 Å². The molecule has 2 aromatic rings. The van der Waals surface area contributed by atoms with E-state index < -0.39 is 48.7 Å². The van der Waals surface area contributed by atoms with Crippen LogP contribution in [0.4, 0.5) is 25.1 Å². The molecule has 0 unspecified atom stereocenters. The van der Waals surface area contributed by atoms with E-state index in [1.165, 1.54) is 0 Å². The summed E-state index contributed by atoms with van der Waals surface area (Å²) in [6.07, 6.45) is -3.92. The minimum absolute atomic E-state index is 0.00469. The number of halogens is 2. The van der Waals surface area contributed by atoms with E-state index in [-0.39, 0.29) is 30.7 Å². The van der Waals surface area contributed by atoms with Gasteiger partial charge in [0, 0.05) is 24.7 Å². The number of hydrogen-bond acceptors (Lipinski definition) is 9. The Balaban J connectivity index is 1.53. The molecule has 1 saturated heterocycles. The molecule has 12 nitrogen and oxygen atoms in total. The average Bonchev–Trinajstić information content (AvgIpc) is 3.19. The number of ether oxygens (including phenoxy) is 3. The first-order valence-electron chi connectivity index (χ1n) is 13.7. The number of benzene rings is 1. The van der Waals surface area contributed by atoms with Gasteiger partial charge in [-0.15, -0.1) is 0 Å². The summed E-state index contributed by atoms with van der Waals surface area (Å²) in [6, 6.07) is 10.1. The maximum absolute atomic E-state index is 15.5. The second kappa shape index (κ2) is 15.4. The normalized spacial score (nSPS) is 19.3. The van der Waals surface area contributed by atoms with Gasteiger partial charge in [-0.05, 0) is 37.0 Å². The lowest BCUT2D eigenvalue weighted by Gasteiger charge is -2.25. The Morgan fingerprint density at radius 1 is 1.07 bits per heavy atom. The van der Waals surface area contributed by atoms with E-state index in [0.717, 1.165) is 12.3 Å². The van der Waals surface area contributed by atoms with Crippen LogP contribution in [0.3, 0.4) is 0 Å². The van der Waals surface area contributed by atoms with E-state index in [0.29, 0.717) is 42.4 Å². The Bertz CT molecular complexity index is 1260. The summed E-state index contributed by atoms with van der Waals surface area (Å²) >= 11 is 0. The summed E-state index contributed by atoms with van der Waals surface area (Å²) < 4.78 is 46.8. The highest BCUT2D eigenvalue weighted by atomic mass is 19.3. The van der Waals surface area contributed by atoms with Crippen LogP contribution in [0.5, 0.6) is 0 Å². The van der Waals surface area contributed by atoms with Crippen molar-refractivity contribution in [3.63, 3.8) is 0 Å². The quantitative estimate of drug-likeness (QED) is 0.218. The molecule has 3 atom stereocenters. The van der Waals surface area contributed by atoms with E-state index in [1.807, 2.05) is 18.2 Å². The SMILES string of the molecule is CC(C)COC(=O)Nc1ccnc(=O)n1[C@@H]1O[C@H](CO)[C@@H](OC(=O)CCCCCCC(=O)Nc2ccccc2)C1(F)F. The molecule has 0 aliphatic carbocycles. The fourth-order valence-corrected chi connectivity index (χ4v) is 4.22. The molecule has 0 radical (unpaired) electrons. The predicted molar refractivity (Wildman–Crippen MR) is 147 cm³/mol. The predicted octanol–water partition coefficient (Wildman–Crippen LogP) is 3.86. The van der Waals surface area contributed by atoms with E-state index in [4.69, 9.17) is 14.2 Å². The molecule has 42 heavy (non-hydrogen) atoms. The number of nitrogens with one attached hydrogen (secondary N) is 2. The van der Waals surface area contributed by atoms with Crippen LogP contribution >= 0.6 is 0 Å². The van der Waals surface area contributed by atoms with Gasteiger partial charge < -0.3 is 24.6 Å². The average molecular weight is 595 g/mol. The minimum Gasteiger partial charge on any atom is -0.453 e. The number of unbranched alkanes of at least 4 members (excludes halogenated alkanes) is 3. The van der Waals surface area contributed by atoms with Gasteiger partial charge in [0.1, 0.15) is 11.9 Å². The molecule has 0 bridgehead atoms. The smallest absolute Gasteiger partial charge is 0.412 e. The number of aliphatic hydroxyl groups excluding tert-OH is 1. The number of rotatable bonds is 14. The van der Waals surface area contributed by atoms with Gasteiger partial charge >= 0.3 is 23.7 Å². The van der Waals surface area contributed by atoms with Crippen LogP contribution in [0.25, 0.3) is 0 Å². The topological polar surface area (TPSA) is 158 Å². The van der Waals surface area contributed by atoms with Gasteiger partial charge in [-0.3, -0.25) is 14.9 Å². The number of para-hydroxylation sites is 1. The fraction of sp³-hybridized carbons (Fsp3) is 0.536. The number of hydrogen-bond donors (Lipinski definition) is 3. The molecule has 1 fully saturated rings. The Kier molecular flexibility index (Phi) is 11.9. The second-order valence-corrected chi connectivity index (χ2v) is 10.2. The van der Waals surface area contributed by atoms with Gasteiger partial charge in [-0.1, -0.05) is 44.9 Å². The van der Waals surface area contributed by atoms with Crippen LogP contribution in [-0.4, -0.2) is 64.0 Å². The number of amides is 2. The van der Waals surface area contributed by atoms with Crippen LogP contribution in [0, 0.1) is 5.92 Å². The van der Waals surface area contributed by atoms with Crippen molar-refractivity contribution in [3.05, 3.63) is 53.1 Å². The number of carbonyl (C=O) groups is 3. The highest BCUT2D eigenvalue weighted by Crippen LogP contribution is 2.45. The first-order valence-corrected chi connectivity index (χ1v) is 13.7. The third-order valence-corrected chi connectivity index (χ3v) is 6.28. The summed E-state index contributed by atoms with van der Waals surface area (Å²) in [5.41, 5.74) is -0.464. The van der Waals surface area contributed by atoms with Gasteiger partial charge in [-0.25, -0.2) is 19.1 Å². The van der Waals surface area contributed by atoms with Crippen molar-refractivity contribution in [2.45, 2.75) is 76.7 Å². The number of esters is 1. The maximum atomic E-state index is 15.5. The monoisotopic (exact) mass is 594 g/mol. The zero-order chi connectivity index (χ0) is 30.7. The molecule has 0 saturated carbocycles. The van der Waals surface area contributed by atoms with Crippen molar-refractivity contribution in [2.24, 2.45) is 5.92 Å². The summed E-state index contributed by atoms with van der Waals surface area (Å²) in [4.78, 5) is 52.5. The number of nitrogens with zero attached hydrogens (tertiary/aromatic N) is 2. The van der Waals surface area contributed by atoms with Crippen LogP contribution in [0.1, 0.15) is 58.6 Å². The van der Waals surface area contributed by atoms with Crippen molar-refractivity contribution < 1.29 is 42.5 Å². The number of aliphatic hydroxyl groups is 1. The third kappa shape index (κ3) is 9.05. The highest BCUT2D eigenvalue weighted by molar-refractivity contribution is 5.90. The molecular formula is C28H36F2N4O8.